The van der Waals surface area contributed by atoms with Gasteiger partial charge in [-0.25, -0.2) is 4.98 Å². The first-order valence-electron chi connectivity index (χ1n) is 10.9. The number of nitrogens with zero attached hydrogens (tertiary/aromatic N) is 4. The molecule has 2 N–H and O–H groups in total. The molecule has 0 radical (unpaired) electrons. The van der Waals surface area contributed by atoms with Crippen LogP contribution in [0.2, 0.25) is 0 Å². The predicted octanol–water partition coefficient (Wildman–Crippen LogP) is 4.56. The first kappa shape index (κ1) is 22.2. The highest BCUT2D eigenvalue weighted by atomic mass is 32.1. The lowest BCUT2D eigenvalue weighted by Gasteiger charge is -2.27. The number of anilines is 1. The SMILES string of the molecule is Cc1cc(C2C(c3ccccn3)NC(=S)N2CC(=O)Nc2ccccc2)c(C)n1-c1nccs1. The van der Waals surface area contributed by atoms with E-state index in [0.717, 1.165) is 33.5 Å². The van der Waals surface area contributed by atoms with Gasteiger partial charge < -0.3 is 15.5 Å². The molecule has 0 spiro atoms. The van der Waals surface area contributed by atoms with E-state index in [9.17, 15) is 4.79 Å². The van der Waals surface area contributed by atoms with Crippen LogP contribution in [0.5, 0.6) is 0 Å². The Kier molecular flexibility index (Phi) is 6.12. The van der Waals surface area contributed by atoms with Gasteiger partial charge in [0.15, 0.2) is 10.2 Å². The van der Waals surface area contributed by atoms with E-state index >= 15 is 0 Å². The molecule has 0 bridgehead atoms. The molecular weight excluding hydrogens is 464 g/mol. The molecule has 1 aliphatic rings. The number of aromatic nitrogens is 3. The first-order chi connectivity index (χ1) is 16.5. The van der Waals surface area contributed by atoms with Crippen molar-refractivity contribution in [2.45, 2.75) is 25.9 Å². The number of thiazole rings is 1. The molecule has 1 aliphatic heterocycles. The maximum atomic E-state index is 13.0. The Labute approximate surface area is 207 Å². The third-order valence-electron chi connectivity index (χ3n) is 5.97. The molecule has 1 amide bonds. The molecule has 1 fully saturated rings. The Morgan fingerprint density at radius 1 is 1.12 bits per heavy atom. The number of para-hydroxylation sites is 1. The number of amides is 1. The summed E-state index contributed by atoms with van der Waals surface area (Å²) >= 11 is 7.32. The summed E-state index contributed by atoms with van der Waals surface area (Å²) in [6, 6.07) is 17.1. The number of benzene rings is 1. The van der Waals surface area contributed by atoms with Crippen LogP contribution in [0.1, 0.15) is 34.7 Å². The van der Waals surface area contributed by atoms with Crippen molar-refractivity contribution in [1.29, 1.82) is 0 Å². The summed E-state index contributed by atoms with van der Waals surface area (Å²) < 4.78 is 2.15. The van der Waals surface area contributed by atoms with Gasteiger partial charge in [0.05, 0.1) is 17.8 Å². The van der Waals surface area contributed by atoms with Crippen LogP contribution >= 0.6 is 23.6 Å². The van der Waals surface area contributed by atoms with Crippen molar-refractivity contribution in [1.82, 2.24) is 24.8 Å². The molecular formula is C25H24N6OS2. The van der Waals surface area contributed by atoms with E-state index in [1.165, 1.54) is 0 Å². The lowest BCUT2D eigenvalue weighted by molar-refractivity contribution is -0.116. The highest BCUT2D eigenvalue weighted by molar-refractivity contribution is 7.80. The van der Waals surface area contributed by atoms with Gasteiger partial charge in [0, 0.05) is 34.8 Å². The normalized spacial score (nSPS) is 17.6. The zero-order chi connectivity index (χ0) is 23.7. The topological polar surface area (TPSA) is 75.1 Å². The van der Waals surface area contributed by atoms with Crippen molar-refractivity contribution >= 4 is 40.3 Å². The summed E-state index contributed by atoms with van der Waals surface area (Å²) in [5.74, 6) is -0.129. The number of nitrogens with one attached hydrogen (secondary N) is 2. The fourth-order valence-corrected chi connectivity index (χ4v) is 5.56. The molecule has 2 atom stereocenters. The van der Waals surface area contributed by atoms with Crippen molar-refractivity contribution in [3.63, 3.8) is 0 Å². The minimum atomic E-state index is -0.205. The summed E-state index contributed by atoms with van der Waals surface area (Å²) in [7, 11) is 0. The van der Waals surface area contributed by atoms with Crippen LogP contribution in [0.25, 0.3) is 5.13 Å². The lowest BCUT2D eigenvalue weighted by Crippen LogP contribution is -2.37. The van der Waals surface area contributed by atoms with Gasteiger partial charge in [-0.15, -0.1) is 11.3 Å². The standard InChI is InChI=1S/C25H24N6OS2/c1-16-14-19(17(2)31(16)25-27-12-13-34-25)23-22(20-10-6-7-11-26-20)29-24(33)30(23)15-21(32)28-18-8-4-3-5-9-18/h3-14,22-23H,15H2,1-2H3,(H,28,32)(H,29,33). The Bertz CT molecular complexity index is 1300. The molecule has 0 saturated carbocycles. The Balaban J connectivity index is 1.53. The van der Waals surface area contributed by atoms with E-state index in [-0.39, 0.29) is 24.5 Å². The Morgan fingerprint density at radius 3 is 2.62 bits per heavy atom. The van der Waals surface area contributed by atoms with Crippen LogP contribution < -0.4 is 10.6 Å². The van der Waals surface area contributed by atoms with E-state index in [4.69, 9.17) is 12.2 Å². The molecule has 0 aliphatic carbocycles. The first-order valence-corrected chi connectivity index (χ1v) is 12.2. The third kappa shape index (κ3) is 4.20. The maximum Gasteiger partial charge on any atom is 0.244 e. The zero-order valence-corrected chi connectivity index (χ0v) is 20.4. The van der Waals surface area contributed by atoms with Gasteiger partial charge in [0.1, 0.15) is 6.54 Å². The zero-order valence-electron chi connectivity index (χ0n) is 18.8. The number of thiocarbonyl (C=S) groups is 1. The van der Waals surface area contributed by atoms with Crippen molar-refractivity contribution in [2.24, 2.45) is 0 Å². The second-order valence-electron chi connectivity index (χ2n) is 8.15. The van der Waals surface area contributed by atoms with Crippen LogP contribution in [-0.2, 0) is 4.79 Å². The highest BCUT2D eigenvalue weighted by Crippen LogP contribution is 2.41. The molecule has 3 aromatic heterocycles. The Morgan fingerprint density at radius 2 is 1.91 bits per heavy atom. The van der Waals surface area contributed by atoms with Gasteiger partial charge >= 0.3 is 0 Å². The van der Waals surface area contributed by atoms with Gasteiger partial charge in [-0.2, -0.15) is 0 Å². The largest absolute Gasteiger partial charge is 0.352 e. The van der Waals surface area contributed by atoms with Crippen molar-refractivity contribution < 1.29 is 4.79 Å². The van der Waals surface area contributed by atoms with Crippen LogP contribution in [0.3, 0.4) is 0 Å². The third-order valence-corrected chi connectivity index (χ3v) is 7.08. The van der Waals surface area contributed by atoms with E-state index in [1.807, 2.05) is 65.0 Å². The van der Waals surface area contributed by atoms with Crippen LogP contribution in [0.15, 0.2) is 72.4 Å². The van der Waals surface area contributed by atoms with Gasteiger partial charge in [-0.1, -0.05) is 24.3 Å². The van der Waals surface area contributed by atoms with Crippen LogP contribution in [0.4, 0.5) is 5.69 Å². The minimum Gasteiger partial charge on any atom is -0.352 e. The molecule has 4 heterocycles. The predicted molar refractivity (Wildman–Crippen MR) is 138 cm³/mol. The number of pyridine rings is 1. The summed E-state index contributed by atoms with van der Waals surface area (Å²) in [4.78, 5) is 24.1. The average molecular weight is 489 g/mol. The minimum absolute atomic E-state index is 0.121. The van der Waals surface area contributed by atoms with E-state index in [1.54, 1.807) is 17.5 Å². The quantitative estimate of drug-likeness (QED) is 0.388. The van der Waals surface area contributed by atoms with Crippen LogP contribution in [-0.4, -0.2) is 37.0 Å². The lowest BCUT2D eigenvalue weighted by atomic mass is 9.97. The van der Waals surface area contributed by atoms with Crippen molar-refractivity contribution in [3.05, 3.63) is 95.0 Å². The molecule has 9 heteroatoms. The second kappa shape index (κ2) is 9.36. The van der Waals surface area contributed by atoms with Gasteiger partial charge in [-0.3, -0.25) is 14.3 Å². The van der Waals surface area contributed by atoms with E-state index < -0.39 is 0 Å². The van der Waals surface area contributed by atoms with Crippen molar-refractivity contribution in [3.8, 4) is 5.13 Å². The van der Waals surface area contributed by atoms with E-state index in [0.29, 0.717) is 5.11 Å². The van der Waals surface area contributed by atoms with Gasteiger partial charge in [0.25, 0.3) is 0 Å². The number of rotatable bonds is 6. The average Bonchev–Trinajstić information content (AvgIpc) is 3.54. The summed E-state index contributed by atoms with van der Waals surface area (Å²) in [6.07, 6.45) is 3.59. The molecule has 1 aromatic carbocycles. The van der Waals surface area contributed by atoms with E-state index in [2.05, 4.69) is 45.1 Å². The number of carbonyl (C=O) groups excluding carboxylic acids is 1. The van der Waals surface area contributed by atoms with Gasteiger partial charge in [0.2, 0.25) is 5.91 Å². The fraction of sp³-hybridized carbons (Fsp3) is 0.200. The van der Waals surface area contributed by atoms with Gasteiger partial charge in [-0.05, 0) is 62.0 Å². The second-order valence-corrected chi connectivity index (χ2v) is 9.40. The van der Waals surface area contributed by atoms with Crippen LogP contribution in [0, 0.1) is 13.8 Å². The molecule has 4 aromatic rings. The number of aryl methyl sites for hydroxylation is 1. The highest BCUT2D eigenvalue weighted by Gasteiger charge is 2.42. The molecule has 5 rings (SSSR count). The molecule has 2 unspecified atom stereocenters. The molecule has 7 nitrogen and oxygen atoms in total. The number of hydrogen-bond donors (Lipinski definition) is 2. The smallest absolute Gasteiger partial charge is 0.244 e. The van der Waals surface area contributed by atoms with Crippen molar-refractivity contribution in [2.75, 3.05) is 11.9 Å². The fourth-order valence-electron chi connectivity index (χ4n) is 4.50. The maximum absolute atomic E-state index is 13.0. The molecule has 172 valence electrons. The monoisotopic (exact) mass is 488 g/mol. The summed E-state index contributed by atoms with van der Waals surface area (Å²) in [6.45, 7) is 4.28. The summed E-state index contributed by atoms with van der Waals surface area (Å²) in [5, 5.41) is 9.81. The molecule has 34 heavy (non-hydrogen) atoms. The summed E-state index contributed by atoms with van der Waals surface area (Å²) in [5.41, 5.74) is 4.86. The number of carbonyl (C=O) groups is 1. The number of hydrogen-bond acceptors (Lipinski definition) is 5. The Hall–Kier alpha value is -3.56. The molecule has 1 saturated heterocycles.